The number of ether oxygens (including phenoxy) is 2. The Hall–Kier alpha value is -3.02. The summed E-state index contributed by atoms with van der Waals surface area (Å²) in [4.78, 5) is 25.8. The number of benzene rings is 2. The second-order valence-corrected chi connectivity index (χ2v) is 6.85. The molecule has 1 fully saturated rings. The Balaban J connectivity index is 1.84. The van der Waals surface area contributed by atoms with E-state index >= 15 is 0 Å². The minimum atomic E-state index is -1.07. The molecule has 0 saturated carbocycles. The van der Waals surface area contributed by atoms with Crippen LogP contribution in [0.5, 0.6) is 11.5 Å². The molecular formula is C22H25NO5. The van der Waals surface area contributed by atoms with Gasteiger partial charge in [0, 0.05) is 12.1 Å². The minimum absolute atomic E-state index is 0.0604. The van der Waals surface area contributed by atoms with Crippen LogP contribution in [0.2, 0.25) is 0 Å². The van der Waals surface area contributed by atoms with Crippen molar-refractivity contribution in [2.24, 2.45) is 0 Å². The molecule has 0 aliphatic carbocycles. The summed E-state index contributed by atoms with van der Waals surface area (Å²) in [5.74, 6) is -0.436. The number of hydrogen-bond acceptors (Lipinski definition) is 4. The van der Waals surface area contributed by atoms with E-state index in [0.29, 0.717) is 30.2 Å². The number of carbonyl (C=O) groups is 2. The van der Waals surface area contributed by atoms with Crippen LogP contribution in [0.25, 0.3) is 0 Å². The molecule has 1 N–H and O–H groups in total. The smallest absolute Gasteiger partial charge is 0.341 e. The van der Waals surface area contributed by atoms with Gasteiger partial charge in [0.1, 0.15) is 0 Å². The average molecular weight is 383 g/mol. The molecule has 0 aromatic heterocycles. The van der Waals surface area contributed by atoms with E-state index in [1.807, 2.05) is 17.9 Å². The molecule has 1 heterocycles. The number of rotatable bonds is 7. The summed E-state index contributed by atoms with van der Waals surface area (Å²) in [6.45, 7) is 4.50. The van der Waals surface area contributed by atoms with Gasteiger partial charge in [-0.15, -0.1) is 0 Å². The van der Waals surface area contributed by atoms with Gasteiger partial charge in [0.05, 0.1) is 12.6 Å². The Bertz CT molecular complexity index is 864. The number of hydrogen-bond donors (Lipinski definition) is 1. The van der Waals surface area contributed by atoms with Gasteiger partial charge in [0.2, 0.25) is 0 Å². The highest BCUT2D eigenvalue weighted by molar-refractivity contribution is 5.95. The third-order valence-electron chi connectivity index (χ3n) is 4.78. The highest BCUT2D eigenvalue weighted by Crippen LogP contribution is 2.35. The van der Waals surface area contributed by atoms with Crippen molar-refractivity contribution < 1.29 is 24.2 Å². The maximum absolute atomic E-state index is 13.2. The van der Waals surface area contributed by atoms with Gasteiger partial charge in [-0.2, -0.15) is 0 Å². The van der Waals surface area contributed by atoms with E-state index in [1.165, 1.54) is 5.56 Å². The average Bonchev–Trinajstić information content (AvgIpc) is 3.16. The fourth-order valence-corrected chi connectivity index (χ4v) is 3.57. The Kier molecular flexibility index (Phi) is 6.19. The third-order valence-corrected chi connectivity index (χ3v) is 4.78. The van der Waals surface area contributed by atoms with Gasteiger partial charge in [-0.25, -0.2) is 4.79 Å². The van der Waals surface area contributed by atoms with E-state index in [4.69, 9.17) is 14.6 Å². The van der Waals surface area contributed by atoms with Crippen LogP contribution in [0.4, 0.5) is 0 Å². The highest BCUT2D eigenvalue weighted by Gasteiger charge is 2.31. The van der Waals surface area contributed by atoms with Gasteiger partial charge >= 0.3 is 5.97 Å². The normalized spacial score (nSPS) is 16.1. The second kappa shape index (κ2) is 8.78. The van der Waals surface area contributed by atoms with Crippen molar-refractivity contribution in [2.75, 3.05) is 19.8 Å². The van der Waals surface area contributed by atoms with Crippen molar-refractivity contribution in [3.05, 3.63) is 59.2 Å². The predicted octanol–water partition coefficient (Wildman–Crippen LogP) is 3.83. The number of nitrogens with zero attached hydrogens (tertiary/aromatic N) is 1. The minimum Gasteiger partial charge on any atom is -0.490 e. The van der Waals surface area contributed by atoms with Gasteiger partial charge in [-0.3, -0.25) is 4.79 Å². The van der Waals surface area contributed by atoms with E-state index in [1.54, 1.807) is 18.2 Å². The molecule has 6 heteroatoms. The molecule has 148 valence electrons. The molecule has 1 amide bonds. The summed E-state index contributed by atoms with van der Waals surface area (Å²) in [6, 6.07) is 13.2. The van der Waals surface area contributed by atoms with Gasteiger partial charge in [0.25, 0.3) is 5.91 Å². The first-order chi connectivity index (χ1) is 13.5. The summed E-state index contributed by atoms with van der Waals surface area (Å²) >= 11 is 0. The Morgan fingerprint density at radius 3 is 2.68 bits per heavy atom. The molecule has 0 bridgehead atoms. The molecule has 1 aliphatic rings. The summed E-state index contributed by atoms with van der Waals surface area (Å²) in [7, 11) is 0. The summed E-state index contributed by atoms with van der Waals surface area (Å²) in [5.41, 5.74) is 2.83. The summed E-state index contributed by atoms with van der Waals surface area (Å²) in [5, 5.41) is 8.81. The molecule has 2 aromatic rings. The zero-order valence-corrected chi connectivity index (χ0v) is 16.2. The summed E-state index contributed by atoms with van der Waals surface area (Å²) in [6.07, 6.45) is 1.90. The largest absolute Gasteiger partial charge is 0.490 e. The van der Waals surface area contributed by atoms with E-state index in [-0.39, 0.29) is 11.9 Å². The van der Waals surface area contributed by atoms with Crippen LogP contribution in [-0.4, -0.2) is 41.6 Å². The van der Waals surface area contributed by atoms with Gasteiger partial charge in [0.15, 0.2) is 18.1 Å². The highest BCUT2D eigenvalue weighted by atomic mass is 16.5. The standard InChI is InChI=1S/C22H25NO5/c1-3-27-20-13-17(9-10-19(20)28-14-21(24)25)22(26)23-11-5-8-18(23)16-7-4-6-15(2)12-16/h4,6-7,9-10,12-13,18H,3,5,8,11,14H2,1-2H3,(H,24,25). The van der Waals surface area contributed by atoms with Crippen molar-refractivity contribution in [2.45, 2.75) is 32.7 Å². The first-order valence-corrected chi connectivity index (χ1v) is 9.48. The van der Waals surface area contributed by atoms with Crippen molar-refractivity contribution in [3.63, 3.8) is 0 Å². The first-order valence-electron chi connectivity index (χ1n) is 9.48. The van der Waals surface area contributed by atoms with Crippen LogP contribution in [0.1, 0.15) is 47.3 Å². The zero-order chi connectivity index (χ0) is 20.1. The lowest BCUT2D eigenvalue weighted by Gasteiger charge is -2.26. The third kappa shape index (κ3) is 4.44. The first kappa shape index (κ1) is 19.7. The van der Waals surface area contributed by atoms with Crippen LogP contribution in [-0.2, 0) is 4.79 Å². The van der Waals surface area contributed by atoms with Crippen LogP contribution in [0, 0.1) is 6.92 Å². The fourth-order valence-electron chi connectivity index (χ4n) is 3.57. The van der Waals surface area contributed by atoms with Gasteiger partial charge in [-0.05, 0) is 50.5 Å². The topological polar surface area (TPSA) is 76.1 Å². The molecule has 2 aromatic carbocycles. The van der Waals surface area contributed by atoms with Gasteiger partial charge < -0.3 is 19.5 Å². The lowest BCUT2D eigenvalue weighted by Crippen LogP contribution is -2.30. The Labute approximate surface area is 164 Å². The van der Waals surface area contributed by atoms with Gasteiger partial charge in [-0.1, -0.05) is 29.8 Å². The quantitative estimate of drug-likeness (QED) is 0.786. The molecule has 1 unspecified atom stereocenters. The van der Waals surface area contributed by atoms with Crippen molar-refractivity contribution in [1.29, 1.82) is 0 Å². The van der Waals surface area contributed by atoms with Crippen LogP contribution in [0.3, 0.4) is 0 Å². The molecular weight excluding hydrogens is 358 g/mol. The van der Waals surface area contributed by atoms with E-state index < -0.39 is 12.6 Å². The number of carboxylic acids is 1. The number of aryl methyl sites for hydroxylation is 1. The summed E-state index contributed by atoms with van der Waals surface area (Å²) < 4.78 is 10.8. The van der Waals surface area contributed by atoms with Crippen LogP contribution < -0.4 is 9.47 Å². The SMILES string of the molecule is CCOc1cc(C(=O)N2CCCC2c2cccc(C)c2)ccc1OCC(=O)O. The Morgan fingerprint density at radius 1 is 1.14 bits per heavy atom. The lowest BCUT2D eigenvalue weighted by atomic mass is 10.0. The van der Waals surface area contributed by atoms with Crippen molar-refractivity contribution in [1.82, 2.24) is 4.90 Å². The molecule has 1 atom stereocenters. The molecule has 28 heavy (non-hydrogen) atoms. The number of aliphatic carboxylic acids is 1. The Morgan fingerprint density at radius 2 is 1.96 bits per heavy atom. The maximum atomic E-state index is 13.2. The zero-order valence-electron chi connectivity index (χ0n) is 16.2. The van der Waals surface area contributed by atoms with E-state index in [9.17, 15) is 9.59 Å². The lowest BCUT2D eigenvalue weighted by molar-refractivity contribution is -0.139. The van der Waals surface area contributed by atoms with Crippen LogP contribution >= 0.6 is 0 Å². The van der Waals surface area contributed by atoms with E-state index in [2.05, 4.69) is 25.1 Å². The van der Waals surface area contributed by atoms with Crippen molar-refractivity contribution >= 4 is 11.9 Å². The molecule has 3 rings (SSSR count). The van der Waals surface area contributed by atoms with Crippen LogP contribution in [0.15, 0.2) is 42.5 Å². The monoisotopic (exact) mass is 383 g/mol. The molecule has 1 saturated heterocycles. The number of amides is 1. The van der Waals surface area contributed by atoms with E-state index in [0.717, 1.165) is 18.4 Å². The number of likely N-dealkylation sites (tertiary alicyclic amines) is 1. The molecule has 0 radical (unpaired) electrons. The molecule has 0 spiro atoms. The molecule has 6 nitrogen and oxygen atoms in total. The second-order valence-electron chi connectivity index (χ2n) is 6.85. The maximum Gasteiger partial charge on any atom is 0.341 e. The van der Waals surface area contributed by atoms with Crippen molar-refractivity contribution in [3.8, 4) is 11.5 Å². The predicted molar refractivity (Wildman–Crippen MR) is 105 cm³/mol. The number of carboxylic acid groups (broad SMARTS) is 1. The fraction of sp³-hybridized carbons (Fsp3) is 0.364. The number of carbonyl (C=O) groups excluding carboxylic acids is 1. The molecule has 1 aliphatic heterocycles.